The number of amides is 1. The molecule has 0 unspecified atom stereocenters. The molecule has 0 bridgehead atoms. The van der Waals surface area contributed by atoms with Gasteiger partial charge in [-0.15, -0.1) is 0 Å². The lowest BCUT2D eigenvalue weighted by molar-refractivity contribution is -0.117. The largest absolute Gasteiger partial charge is 0.423 e. The monoisotopic (exact) mass is 317 g/mol. The predicted molar refractivity (Wildman–Crippen MR) is 79.3 cm³/mol. The molecular formula is C17H13F2NO3. The molecule has 23 heavy (non-hydrogen) atoms. The molecule has 6 heteroatoms. The van der Waals surface area contributed by atoms with E-state index in [1.807, 2.05) is 0 Å². The van der Waals surface area contributed by atoms with Crippen LogP contribution >= 0.6 is 0 Å². The zero-order chi connectivity index (χ0) is 16.4. The number of benzene rings is 2. The van der Waals surface area contributed by atoms with Crippen molar-refractivity contribution in [1.82, 2.24) is 0 Å². The lowest BCUT2D eigenvalue weighted by atomic mass is 10.2. The predicted octanol–water partition coefficient (Wildman–Crippen LogP) is 3.31. The maximum Gasteiger partial charge on any atom is 0.346 e. The van der Waals surface area contributed by atoms with E-state index in [0.717, 1.165) is 24.6 Å². The highest BCUT2D eigenvalue weighted by atomic mass is 19.1. The molecule has 0 spiro atoms. The third-order valence-corrected chi connectivity index (χ3v) is 3.58. The molecule has 1 aliphatic heterocycles. The number of hydrogen-bond donors (Lipinski definition) is 0. The summed E-state index contributed by atoms with van der Waals surface area (Å²) >= 11 is 0. The first-order valence-corrected chi connectivity index (χ1v) is 7.12. The molecule has 3 rings (SSSR count). The van der Waals surface area contributed by atoms with E-state index < -0.39 is 23.2 Å². The van der Waals surface area contributed by atoms with Gasteiger partial charge in [0.25, 0.3) is 0 Å². The van der Waals surface area contributed by atoms with E-state index in [9.17, 15) is 18.4 Å². The van der Waals surface area contributed by atoms with Gasteiger partial charge in [0.1, 0.15) is 17.4 Å². The van der Waals surface area contributed by atoms with E-state index in [0.29, 0.717) is 18.7 Å². The van der Waals surface area contributed by atoms with Crippen molar-refractivity contribution in [2.24, 2.45) is 0 Å². The van der Waals surface area contributed by atoms with Crippen molar-refractivity contribution < 1.29 is 23.1 Å². The minimum absolute atomic E-state index is 0.0524. The van der Waals surface area contributed by atoms with Crippen molar-refractivity contribution in [1.29, 1.82) is 0 Å². The van der Waals surface area contributed by atoms with E-state index >= 15 is 0 Å². The first-order chi connectivity index (χ1) is 11.0. The van der Waals surface area contributed by atoms with Gasteiger partial charge >= 0.3 is 5.97 Å². The molecule has 4 nitrogen and oxygen atoms in total. The summed E-state index contributed by atoms with van der Waals surface area (Å²) in [6.45, 7) is 0.659. The number of hydrogen-bond acceptors (Lipinski definition) is 3. The van der Waals surface area contributed by atoms with Crippen molar-refractivity contribution in [3.8, 4) is 5.75 Å². The summed E-state index contributed by atoms with van der Waals surface area (Å²) in [4.78, 5) is 25.2. The van der Waals surface area contributed by atoms with Crippen LogP contribution in [0.2, 0.25) is 0 Å². The van der Waals surface area contributed by atoms with Gasteiger partial charge in [-0.2, -0.15) is 0 Å². The number of anilines is 1. The molecule has 2 aromatic rings. The standard InChI is InChI=1S/C17H13F2NO3/c18-11-3-8-15(19)14(10-11)17(22)23-13-6-4-12(5-7-13)20-9-1-2-16(20)21/h3-8,10H,1-2,9H2. The van der Waals surface area contributed by atoms with Crippen LogP contribution in [0.5, 0.6) is 5.75 Å². The SMILES string of the molecule is O=C(Oc1ccc(N2CCCC2=O)cc1)c1cc(F)ccc1F. The van der Waals surface area contributed by atoms with Gasteiger partial charge in [0, 0.05) is 18.7 Å². The van der Waals surface area contributed by atoms with Crippen LogP contribution in [-0.2, 0) is 4.79 Å². The maximum absolute atomic E-state index is 13.5. The number of carbonyl (C=O) groups excluding carboxylic acids is 2. The molecule has 0 saturated carbocycles. The van der Waals surface area contributed by atoms with E-state index in [2.05, 4.69) is 0 Å². The summed E-state index contributed by atoms with van der Waals surface area (Å²) in [6, 6.07) is 8.89. The Morgan fingerprint density at radius 1 is 1.09 bits per heavy atom. The Kier molecular flexibility index (Phi) is 4.06. The number of rotatable bonds is 3. The van der Waals surface area contributed by atoms with Gasteiger partial charge < -0.3 is 9.64 Å². The second-order valence-electron chi connectivity index (χ2n) is 5.16. The fourth-order valence-electron chi connectivity index (χ4n) is 2.43. The summed E-state index contributed by atoms with van der Waals surface area (Å²) in [5.74, 6) is -2.31. The fraction of sp³-hybridized carbons (Fsp3) is 0.176. The van der Waals surface area contributed by atoms with Gasteiger partial charge in [0.05, 0.1) is 5.56 Å². The maximum atomic E-state index is 13.5. The minimum atomic E-state index is -0.980. The highest BCUT2D eigenvalue weighted by molar-refractivity contribution is 5.95. The van der Waals surface area contributed by atoms with Gasteiger partial charge in [-0.1, -0.05) is 0 Å². The highest BCUT2D eigenvalue weighted by Crippen LogP contribution is 2.24. The van der Waals surface area contributed by atoms with Crippen LogP contribution in [0.25, 0.3) is 0 Å². The van der Waals surface area contributed by atoms with Gasteiger partial charge in [0.2, 0.25) is 5.91 Å². The summed E-state index contributed by atoms with van der Waals surface area (Å²) in [6.07, 6.45) is 1.34. The molecule has 0 radical (unpaired) electrons. The van der Waals surface area contributed by atoms with Crippen molar-refractivity contribution in [3.05, 3.63) is 59.7 Å². The van der Waals surface area contributed by atoms with Crippen LogP contribution in [0.3, 0.4) is 0 Å². The third-order valence-electron chi connectivity index (χ3n) is 3.58. The number of ether oxygens (including phenoxy) is 1. The second kappa shape index (κ2) is 6.16. The highest BCUT2D eigenvalue weighted by Gasteiger charge is 2.21. The Hall–Kier alpha value is -2.76. The van der Waals surface area contributed by atoms with Crippen molar-refractivity contribution in [3.63, 3.8) is 0 Å². The van der Waals surface area contributed by atoms with Gasteiger partial charge in [-0.25, -0.2) is 13.6 Å². The van der Waals surface area contributed by atoms with Crippen LogP contribution < -0.4 is 9.64 Å². The zero-order valence-corrected chi connectivity index (χ0v) is 12.1. The number of halogens is 2. The molecule has 1 saturated heterocycles. The first kappa shape index (κ1) is 15.1. The Morgan fingerprint density at radius 3 is 2.48 bits per heavy atom. The second-order valence-corrected chi connectivity index (χ2v) is 5.16. The van der Waals surface area contributed by atoms with E-state index in [-0.39, 0.29) is 11.7 Å². The van der Waals surface area contributed by atoms with Crippen molar-refractivity contribution in [2.75, 3.05) is 11.4 Å². The molecule has 1 fully saturated rings. The summed E-state index contributed by atoms with van der Waals surface area (Å²) in [7, 11) is 0. The molecular weight excluding hydrogens is 304 g/mol. The average molecular weight is 317 g/mol. The van der Waals surface area contributed by atoms with Gasteiger partial charge in [-0.05, 0) is 48.9 Å². The first-order valence-electron chi connectivity index (χ1n) is 7.12. The Labute approximate surface area is 131 Å². The van der Waals surface area contributed by atoms with Crippen LogP contribution in [-0.4, -0.2) is 18.4 Å². The van der Waals surface area contributed by atoms with E-state index in [1.165, 1.54) is 12.1 Å². The molecule has 1 amide bonds. The van der Waals surface area contributed by atoms with Gasteiger partial charge in [-0.3, -0.25) is 4.79 Å². The molecule has 2 aromatic carbocycles. The molecule has 1 aliphatic rings. The quantitative estimate of drug-likeness (QED) is 0.644. The van der Waals surface area contributed by atoms with E-state index in [4.69, 9.17) is 4.74 Å². The lowest BCUT2D eigenvalue weighted by Gasteiger charge is -2.15. The van der Waals surface area contributed by atoms with Crippen LogP contribution in [0.15, 0.2) is 42.5 Å². The Balaban J connectivity index is 1.74. The molecule has 0 aromatic heterocycles. The van der Waals surface area contributed by atoms with Gasteiger partial charge in [0.15, 0.2) is 0 Å². The number of esters is 1. The molecule has 0 aliphatic carbocycles. The smallest absolute Gasteiger partial charge is 0.346 e. The van der Waals surface area contributed by atoms with E-state index in [1.54, 1.807) is 17.0 Å². The topological polar surface area (TPSA) is 46.6 Å². The molecule has 1 heterocycles. The van der Waals surface area contributed by atoms with Crippen LogP contribution in [0.1, 0.15) is 23.2 Å². The third kappa shape index (κ3) is 3.21. The number of nitrogens with zero attached hydrogens (tertiary/aromatic N) is 1. The molecule has 118 valence electrons. The summed E-state index contributed by atoms with van der Waals surface area (Å²) in [5.41, 5.74) is 0.244. The summed E-state index contributed by atoms with van der Waals surface area (Å²) in [5, 5.41) is 0. The van der Waals surface area contributed by atoms with Crippen LogP contribution in [0, 0.1) is 11.6 Å². The lowest BCUT2D eigenvalue weighted by Crippen LogP contribution is -2.23. The Bertz CT molecular complexity index is 759. The molecule has 0 N–H and O–H groups in total. The molecule has 0 atom stereocenters. The minimum Gasteiger partial charge on any atom is -0.423 e. The fourth-order valence-corrected chi connectivity index (χ4v) is 2.43. The normalized spacial score (nSPS) is 14.2. The number of carbonyl (C=O) groups is 2. The summed E-state index contributed by atoms with van der Waals surface area (Å²) < 4.78 is 31.7. The average Bonchev–Trinajstić information content (AvgIpc) is 2.96. The van der Waals surface area contributed by atoms with Crippen molar-refractivity contribution in [2.45, 2.75) is 12.8 Å². The zero-order valence-electron chi connectivity index (χ0n) is 12.1. The van der Waals surface area contributed by atoms with Crippen LogP contribution in [0.4, 0.5) is 14.5 Å². The van der Waals surface area contributed by atoms with Crippen molar-refractivity contribution >= 4 is 17.6 Å². The Morgan fingerprint density at radius 2 is 1.83 bits per heavy atom.